The number of hydrogen-bond acceptors (Lipinski definition) is 8. The molecule has 2 atom stereocenters. The highest BCUT2D eigenvalue weighted by atomic mass is 35.5. The van der Waals surface area contributed by atoms with E-state index in [-0.39, 0.29) is 46.7 Å². The molecular formula is C34H35ClF4N10O3. The number of amides is 2. The van der Waals surface area contributed by atoms with Crippen LogP contribution in [0.1, 0.15) is 86.1 Å². The summed E-state index contributed by atoms with van der Waals surface area (Å²) in [6.07, 6.45) is -1.92. The molecule has 52 heavy (non-hydrogen) atoms. The molecule has 18 heteroatoms. The molecule has 2 saturated carbocycles. The normalized spacial score (nSPS) is 19.9. The zero-order valence-corrected chi connectivity index (χ0v) is 28.9. The molecule has 3 heterocycles. The molecule has 4 aromatic rings. The number of nitrogens with zero attached hydrogens (tertiary/aromatic N) is 8. The van der Waals surface area contributed by atoms with Gasteiger partial charge in [0.2, 0.25) is 12.3 Å². The van der Waals surface area contributed by atoms with Crippen LogP contribution in [-0.4, -0.2) is 78.0 Å². The molecule has 2 N–H and O–H groups in total. The Hall–Kier alpha value is -5.06. The van der Waals surface area contributed by atoms with E-state index in [1.165, 1.54) is 10.7 Å². The Balaban J connectivity index is 1.31. The Morgan fingerprint density at radius 1 is 1.08 bits per heavy atom. The number of carbonyl (C=O) groups excluding carboxylic acids is 2. The predicted octanol–water partition coefficient (Wildman–Crippen LogP) is 6.49. The summed E-state index contributed by atoms with van der Waals surface area (Å²) >= 11 is 6.55. The second-order valence-corrected chi connectivity index (χ2v) is 14.0. The number of nitrogens with one attached hydrogen (secondary N) is 2. The van der Waals surface area contributed by atoms with Crippen molar-refractivity contribution in [1.82, 2.24) is 45.3 Å². The standard InChI is InChI=1S/C34H35ClF4N10O3/c1-33(2,34(37,38)39)13-14-40-31-45-28(36)29-42-18-44-48(29)26-15-21(7-12-24(26)35)27(17-41-32(51)52-23-10-11-23)47(31)30(50)20-5-3-19(4-6-20)25-16-43-49(46-25)22-8-9-22/h3-7,12,15-16,18,22-23,27-28H,8-11,13-14,17H2,1-2H3,(H,40,45)(H,41,51)/t27-,28?/m1/s1. The van der Waals surface area contributed by atoms with Crippen molar-refractivity contribution in [1.29, 1.82) is 0 Å². The molecule has 2 aromatic carbocycles. The van der Waals surface area contributed by atoms with Crippen molar-refractivity contribution in [3.05, 3.63) is 77.0 Å². The number of carbonyl (C=O) groups is 2. The Morgan fingerprint density at radius 3 is 2.52 bits per heavy atom. The summed E-state index contributed by atoms with van der Waals surface area (Å²) in [5.74, 6) is -1.33. The minimum atomic E-state index is -4.55. The summed E-state index contributed by atoms with van der Waals surface area (Å²) in [5.41, 5.74) is -0.0549. The number of rotatable bonds is 9. The molecule has 1 aliphatic heterocycles. The van der Waals surface area contributed by atoms with Crippen LogP contribution in [0.25, 0.3) is 16.9 Å². The number of hydrogen-bond donors (Lipinski definition) is 2. The summed E-state index contributed by atoms with van der Waals surface area (Å²) in [6.45, 7) is 1.38. The molecule has 2 bridgehead atoms. The van der Waals surface area contributed by atoms with Gasteiger partial charge in [0.1, 0.15) is 18.1 Å². The second-order valence-electron chi connectivity index (χ2n) is 13.6. The van der Waals surface area contributed by atoms with Crippen molar-refractivity contribution >= 4 is 29.6 Å². The van der Waals surface area contributed by atoms with Crippen molar-refractivity contribution in [2.75, 3.05) is 13.1 Å². The smallest absolute Gasteiger partial charge is 0.407 e. The molecule has 3 aliphatic rings. The molecule has 1 unspecified atom stereocenters. The fourth-order valence-electron chi connectivity index (χ4n) is 5.58. The number of aliphatic imine (C=N–C) groups is 1. The first kappa shape index (κ1) is 35.3. The van der Waals surface area contributed by atoms with Crippen molar-refractivity contribution in [2.24, 2.45) is 10.4 Å². The van der Waals surface area contributed by atoms with E-state index >= 15 is 4.39 Å². The number of benzene rings is 2. The highest BCUT2D eigenvalue weighted by Crippen LogP contribution is 2.40. The Bertz CT molecular complexity index is 1990. The first-order valence-electron chi connectivity index (χ1n) is 16.8. The number of alkyl carbamates (subject to hydrolysis) is 1. The highest BCUT2D eigenvalue weighted by Gasteiger charge is 2.46. The lowest BCUT2D eigenvalue weighted by Gasteiger charge is -2.35. The zero-order valence-electron chi connectivity index (χ0n) is 28.1. The minimum Gasteiger partial charge on any atom is -0.446 e. The van der Waals surface area contributed by atoms with Crippen molar-refractivity contribution < 1.29 is 31.9 Å². The Kier molecular flexibility index (Phi) is 9.39. The van der Waals surface area contributed by atoms with E-state index in [1.807, 2.05) is 0 Å². The Labute approximate surface area is 300 Å². The van der Waals surface area contributed by atoms with Gasteiger partial charge >= 0.3 is 12.3 Å². The van der Waals surface area contributed by atoms with Gasteiger partial charge in [0, 0.05) is 24.2 Å². The lowest BCUT2D eigenvalue weighted by molar-refractivity contribution is -0.212. The van der Waals surface area contributed by atoms with E-state index in [9.17, 15) is 22.8 Å². The molecule has 13 nitrogen and oxygen atoms in total. The van der Waals surface area contributed by atoms with E-state index in [2.05, 4.69) is 35.9 Å². The molecule has 2 fully saturated rings. The molecular weight excluding hydrogens is 708 g/mol. The third-order valence-corrected chi connectivity index (χ3v) is 9.53. The maximum atomic E-state index is 16.3. The second kappa shape index (κ2) is 13.8. The molecule has 0 spiro atoms. The van der Waals surface area contributed by atoms with Gasteiger partial charge in [0.25, 0.3) is 5.91 Å². The van der Waals surface area contributed by atoms with Crippen LogP contribution in [0.4, 0.5) is 22.4 Å². The molecule has 7 rings (SSSR count). The van der Waals surface area contributed by atoms with Crippen LogP contribution in [-0.2, 0) is 4.74 Å². The van der Waals surface area contributed by atoms with Crippen LogP contribution in [0.2, 0.25) is 5.02 Å². The zero-order chi connectivity index (χ0) is 36.8. The summed E-state index contributed by atoms with van der Waals surface area (Å²) in [4.78, 5) is 38.7. The SMILES string of the molecule is CC(C)(CCN=C1NC(F)c2ncnn2-c2cc(ccc2Cl)[C@@H](CNC(=O)OC2CC2)N1C(=O)c1ccc(-c2cnn(C3CC3)n2)cc1)C(F)(F)F. The first-order chi connectivity index (χ1) is 24.8. The van der Waals surface area contributed by atoms with Gasteiger partial charge in [-0.15, -0.1) is 0 Å². The number of fused-ring (bicyclic) bond motifs is 4. The van der Waals surface area contributed by atoms with Gasteiger partial charge < -0.3 is 15.4 Å². The van der Waals surface area contributed by atoms with Crippen LogP contribution in [0.3, 0.4) is 0 Å². The van der Waals surface area contributed by atoms with E-state index in [1.54, 1.807) is 47.4 Å². The van der Waals surface area contributed by atoms with E-state index < -0.39 is 48.9 Å². The lowest BCUT2D eigenvalue weighted by Crippen LogP contribution is -2.51. The van der Waals surface area contributed by atoms with E-state index in [0.29, 0.717) is 16.8 Å². The highest BCUT2D eigenvalue weighted by molar-refractivity contribution is 6.32. The number of ether oxygens (including phenoxy) is 1. The number of halogens is 5. The van der Waals surface area contributed by atoms with Gasteiger partial charge in [-0.25, -0.2) is 18.9 Å². The number of guanidine groups is 1. The third kappa shape index (κ3) is 7.45. The maximum Gasteiger partial charge on any atom is 0.407 e. The predicted molar refractivity (Wildman–Crippen MR) is 180 cm³/mol. The molecule has 2 aliphatic carbocycles. The Morgan fingerprint density at radius 2 is 1.83 bits per heavy atom. The number of aromatic nitrogens is 6. The largest absolute Gasteiger partial charge is 0.446 e. The summed E-state index contributed by atoms with van der Waals surface area (Å²) in [6, 6.07) is 10.4. The average Bonchev–Trinajstić information content (AvgIpc) is 4.02. The van der Waals surface area contributed by atoms with Crippen LogP contribution in [0.5, 0.6) is 0 Å². The first-order valence-corrected chi connectivity index (χ1v) is 17.2. The van der Waals surface area contributed by atoms with Gasteiger partial charge in [0.15, 0.2) is 5.82 Å². The molecule has 274 valence electrons. The molecule has 2 amide bonds. The van der Waals surface area contributed by atoms with Crippen molar-refractivity contribution in [3.63, 3.8) is 0 Å². The average molecular weight is 743 g/mol. The lowest BCUT2D eigenvalue weighted by atomic mass is 9.89. The monoisotopic (exact) mass is 742 g/mol. The fraction of sp³-hybridized carbons (Fsp3) is 0.441. The van der Waals surface area contributed by atoms with Gasteiger partial charge in [-0.1, -0.05) is 43.6 Å². The van der Waals surface area contributed by atoms with Crippen molar-refractivity contribution in [3.8, 4) is 16.9 Å². The molecule has 2 aromatic heterocycles. The summed E-state index contributed by atoms with van der Waals surface area (Å²) in [5, 5.41) is 18.5. The third-order valence-electron chi connectivity index (χ3n) is 9.21. The fourth-order valence-corrected chi connectivity index (χ4v) is 5.77. The van der Waals surface area contributed by atoms with Crippen molar-refractivity contribution in [2.45, 2.75) is 76.6 Å². The molecule has 0 saturated heterocycles. The van der Waals surface area contributed by atoms with Gasteiger partial charge in [-0.3, -0.25) is 14.7 Å². The quantitative estimate of drug-likeness (QED) is 0.146. The van der Waals surface area contributed by atoms with E-state index in [0.717, 1.165) is 50.8 Å². The maximum absolute atomic E-state index is 16.3. The van der Waals surface area contributed by atoms with Gasteiger partial charge in [-0.2, -0.15) is 33.3 Å². The summed E-state index contributed by atoms with van der Waals surface area (Å²) in [7, 11) is 0. The van der Waals surface area contributed by atoms with Crippen LogP contribution in [0.15, 0.2) is 60.0 Å². The van der Waals surface area contributed by atoms with Gasteiger partial charge in [0.05, 0.1) is 34.4 Å². The molecule has 0 radical (unpaired) electrons. The van der Waals surface area contributed by atoms with Gasteiger partial charge in [-0.05, 0) is 61.9 Å². The van der Waals surface area contributed by atoms with E-state index in [4.69, 9.17) is 16.3 Å². The van der Waals surface area contributed by atoms with Crippen LogP contribution < -0.4 is 10.6 Å². The van der Waals surface area contributed by atoms with Crippen LogP contribution >= 0.6 is 11.6 Å². The number of alkyl halides is 4. The summed E-state index contributed by atoms with van der Waals surface area (Å²) < 4.78 is 64.4. The topological polar surface area (TPSA) is 144 Å². The minimum absolute atomic E-state index is 0.138. The van der Waals surface area contributed by atoms with Crippen LogP contribution in [0, 0.1) is 5.41 Å².